The molecule has 0 aliphatic carbocycles. The summed E-state index contributed by atoms with van der Waals surface area (Å²) < 4.78 is 30.8. The summed E-state index contributed by atoms with van der Waals surface area (Å²) in [4.78, 5) is 11.9. The van der Waals surface area contributed by atoms with Gasteiger partial charge in [-0.05, 0) is 20.3 Å². The molecule has 1 amide bonds. The molecular formula is C11H22N2O4S. The highest BCUT2D eigenvalue weighted by Crippen LogP contribution is 2.16. The summed E-state index contributed by atoms with van der Waals surface area (Å²) in [7, 11) is -3.43. The molecule has 1 atom stereocenters. The molecule has 0 aromatic heterocycles. The number of ether oxygens (including phenoxy) is 1. The van der Waals surface area contributed by atoms with Crippen molar-refractivity contribution < 1.29 is 17.9 Å². The molecule has 0 aromatic carbocycles. The van der Waals surface area contributed by atoms with Gasteiger partial charge in [0.2, 0.25) is 15.9 Å². The predicted octanol–water partition coefficient (Wildman–Crippen LogP) is -0.0484. The number of morpholine rings is 1. The van der Waals surface area contributed by atoms with Gasteiger partial charge in [-0.15, -0.1) is 0 Å². The summed E-state index contributed by atoms with van der Waals surface area (Å²) in [6, 6.07) is -0.738. The van der Waals surface area contributed by atoms with E-state index in [4.69, 9.17) is 4.74 Å². The monoisotopic (exact) mass is 278 g/mol. The van der Waals surface area contributed by atoms with Gasteiger partial charge in [0.25, 0.3) is 0 Å². The third-order valence-electron chi connectivity index (χ3n) is 2.85. The van der Waals surface area contributed by atoms with E-state index in [1.54, 1.807) is 13.8 Å². The fourth-order valence-corrected chi connectivity index (χ4v) is 3.12. The van der Waals surface area contributed by atoms with Gasteiger partial charge in [-0.1, -0.05) is 6.92 Å². The molecule has 0 aromatic rings. The molecule has 1 heterocycles. The molecule has 6 nitrogen and oxygen atoms in total. The van der Waals surface area contributed by atoms with E-state index in [1.165, 1.54) is 4.31 Å². The number of nitrogens with zero attached hydrogens (tertiary/aromatic N) is 1. The summed E-state index contributed by atoms with van der Waals surface area (Å²) in [5.74, 6) is -0.277. The first-order valence-corrected chi connectivity index (χ1v) is 7.77. The summed E-state index contributed by atoms with van der Waals surface area (Å²) in [6.07, 6.45) is 0.816. The summed E-state index contributed by atoms with van der Waals surface area (Å²) in [6.45, 7) is 6.43. The van der Waals surface area contributed by atoms with Gasteiger partial charge in [-0.2, -0.15) is 4.31 Å². The smallest absolute Gasteiger partial charge is 0.240 e. The average Bonchev–Trinajstić information content (AvgIpc) is 2.35. The molecule has 1 N–H and O–H groups in total. The van der Waals surface area contributed by atoms with E-state index in [0.29, 0.717) is 13.2 Å². The molecule has 0 saturated carbocycles. The lowest BCUT2D eigenvalue weighted by Crippen LogP contribution is -2.57. The molecular weight excluding hydrogens is 256 g/mol. The van der Waals surface area contributed by atoms with E-state index in [0.717, 1.165) is 6.42 Å². The maximum Gasteiger partial charge on any atom is 0.240 e. The van der Waals surface area contributed by atoms with Crippen LogP contribution in [-0.2, 0) is 19.6 Å². The van der Waals surface area contributed by atoms with Gasteiger partial charge in [0.15, 0.2) is 0 Å². The molecule has 1 aliphatic heterocycles. The van der Waals surface area contributed by atoms with Gasteiger partial charge in [-0.3, -0.25) is 4.79 Å². The number of amides is 1. The molecule has 1 rings (SSSR count). The van der Waals surface area contributed by atoms with Gasteiger partial charge in [0.1, 0.15) is 6.04 Å². The number of nitrogens with one attached hydrogen (secondary N) is 1. The Labute approximate surface area is 109 Å². The highest BCUT2D eigenvalue weighted by atomic mass is 32.2. The van der Waals surface area contributed by atoms with Crippen LogP contribution in [0.4, 0.5) is 0 Å². The maximum atomic E-state index is 12.2. The number of carbonyl (C=O) groups is 1. The molecule has 1 unspecified atom stereocenters. The quantitative estimate of drug-likeness (QED) is 0.765. The Hall–Kier alpha value is -0.660. The zero-order valence-corrected chi connectivity index (χ0v) is 12.0. The van der Waals surface area contributed by atoms with Crippen LogP contribution in [0.5, 0.6) is 0 Å². The minimum atomic E-state index is -3.43. The summed E-state index contributed by atoms with van der Waals surface area (Å²) in [5.41, 5.74) is 0. The van der Waals surface area contributed by atoms with Gasteiger partial charge in [-0.25, -0.2) is 8.42 Å². The van der Waals surface area contributed by atoms with Gasteiger partial charge in [0.05, 0.1) is 18.5 Å². The third kappa shape index (κ3) is 3.43. The zero-order valence-electron chi connectivity index (χ0n) is 11.2. The fraction of sp³-hybridized carbons (Fsp3) is 0.909. The first-order valence-electron chi connectivity index (χ1n) is 6.27. The third-order valence-corrected chi connectivity index (χ3v) is 5.14. The van der Waals surface area contributed by atoms with Crippen LogP contribution in [-0.4, -0.2) is 56.2 Å². The maximum absolute atomic E-state index is 12.2. The van der Waals surface area contributed by atoms with Crippen molar-refractivity contribution >= 4 is 15.9 Å². The standard InChI is InChI=1S/C11H22N2O4S/c1-4-5-12-11(14)10-8-17-7-6-13(10)18(15,16)9(2)3/h9-10H,4-8H2,1-3H3,(H,12,14). The Morgan fingerprint density at radius 1 is 1.50 bits per heavy atom. The minimum Gasteiger partial charge on any atom is -0.378 e. The van der Waals surface area contributed by atoms with Crippen molar-refractivity contribution in [2.45, 2.75) is 38.5 Å². The Morgan fingerprint density at radius 2 is 2.17 bits per heavy atom. The van der Waals surface area contributed by atoms with Gasteiger partial charge < -0.3 is 10.1 Å². The first kappa shape index (κ1) is 15.4. The molecule has 0 radical (unpaired) electrons. The van der Waals surface area contributed by atoms with Crippen LogP contribution in [0.25, 0.3) is 0 Å². The second-order valence-corrected chi connectivity index (χ2v) is 7.03. The lowest BCUT2D eigenvalue weighted by atomic mass is 10.2. The van der Waals surface area contributed by atoms with E-state index in [2.05, 4.69) is 5.32 Å². The molecule has 1 aliphatic rings. The number of rotatable bonds is 5. The predicted molar refractivity (Wildman–Crippen MR) is 68.7 cm³/mol. The van der Waals surface area contributed by atoms with Crippen LogP contribution in [0.3, 0.4) is 0 Å². The topological polar surface area (TPSA) is 75.7 Å². The van der Waals surface area contributed by atoms with E-state index < -0.39 is 21.3 Å². The second kappa shape index (κ2) is 6.49. The second-order valence-electron chi connectivity index (χ2n) is 4.59. The number of sulfonamides is 1. The van der Waals surface area contributed by atoms with Gasteiger partial charge in [0, 0.05) is 13.1 Å². The highest BCUT2D eigenvalue weighted by Gasteiger charge is 2.38. The molecule has 0 bridgehead atoms. The van der Waals surface area contributed by atoms with E-state index in [9.17, 15) is 13.2 Å². The Morgan fingerprint density at radius 3 is 2.72 bits per heavy atom. The normalized spacial score (nSPS) is 22.1. The number of carbonyl (C=O) groups excluding carboxylic acids is 1. The lowest BCUT2D eigenvalue weighted by Gasteiger charge is -2.34. The number of hydrogen-bond donors (Lipinski definition) is 1. The zero-order chi connectivity index (χ0) is 13.8. The SMILES string of the molecule is CCCNC(=O)C1COCCN1S(=O)(=O)C(C)C. The van der Waals surface area contributed by atoms with Crippen molar-refractivity contribution in [2.75, 3.05) is 26.3 Å². The molecule has 18 heavy (non-hydrogen) atoms. The van der Waals surface area contributed by atoms with Crippen LogP contribution in [0.1, 0.15) is 27.2 Å². The van der Waals surface area contributed by atoms with Gasteiger partial charge >= 0.3 is 0 Å². The van der Waals surface area contributed by atoms with Crippen molar-refractivity contribution in [3.8, 4) is 0 Å². The van der Waals surface area contributed by atoms with Crippen LogP contribution < -0.4 is 5.32 Å². The summed E-state index contributed by atoms with van der Waals surface area (Å²) >= 11 is 0. The largest absolute Gasteiger partial charge is 0.378 e. The van der Waals surface area contributed by atoms with Crippen molar-refractivity contribution in [2.24, 2.45) is 0 Å². The van der Waals surface area contributed by atoms with E-state index >= 15 is 0 Å². The van der Waals surface area contributed by atoms with Crippen molar-refractivity contribution in [1.29, 1.82) is 0 Å². The molecule has 0 spiro atoms. The Bertz CT molecular complexity index is 381. The van der Waals surface area contributed by atoms with Crippen molar-refractivity contribution in [3.05, 3.63) is 0 Å². The fourth-order valence-electron chi connectivity index (χ4n) is 1.74. The lowest BCUT2D eigenvalue weighted by molar-refractivity contribution is -0.129. The van der Waals surface area contributed by atoms with E-state index in [1.807, 2.05) is 6.92 Å². The Kier molecular flexibility index (Phi) is 5.55. The van der Waals surface area contributed by atoms with Crippen LogP contribution in [0.2, 0.25) is 0 Å². The van der Waals surface area contributed by atoms with Crippen molar-refractivity contribution in [1.82, 2.24) is 9.62 Å². The highest BCUT2D eigenvalue weighted by molar-refractivity contribution is 7.89. The van der Waals surface area contributed by atoms with Crippen LogP contribution >= 0.6 is 0 Å². The average molecular weight is 278 g/mol. The van der Waals surface area contributed by atoms with Crippen LogP contribution in [0.15, 0.2) is 0 Å². The van der Waals surface area contributed by atoms with Crippen LogP contribution in [0, 0.1) is 0 Å². The molecule has 7 heteroatoms. The number of hydrogen-bond acceptors (Lipinski definition) is 4. The van der Waals surface area contributed by atoms with Crippen molar-refractivity contribution in [3.63, 3.8) is 0 Å². The minimum absolute atomic E-state index is 0.126. The van der Waals surface area contributed by atoms with E-state index in [-0.39, 0.29) is 19.1 Å². The first-order chi connectivity index (χ1) is 8.41. The molecule has 1 fully saturated rings. The summed E-state index contributed by atoms with van der Waals surface area (Å²) in [5, 5.41) is 2.19. The molecule has 106 valence electrons. The molecule has 1 saturated heterocycles. The Balaban J connectivity index is 2.83.